The maximum atomic E-state index is 6.02. The molecule has 78 valence electrons. The SMILES string of the molecule is COCCCNCC1CCC(Cl)C1. The van der Waals surface area contributed by atoms with Crippen LogP contribution in [0.5, 0.6) is 0 Å². The molecule has 0 radical (unpaired) electrons. The molecule has 0 aromatic heterocycles. The maximum absolute atomic E-state index is 6.02. The van der Waals surface area contributed by atoms with E-state index in [-0.39, 0.29) is 0 Å². The smallest absolute Gasteiger partial charge is 0.0474 e. The molecule has 2 unspecified atom stereocenters. The Hall–Kier alpha value is 0.210. The summed E-state index contributed by atoms with van der Waals surface area (Å²) in [6.07, 6.45) is 4.80. The number of nitrogens with one attached hydrogen (secondary N) is 1. The van der Waals surface area contributed by atoms with E-state index in [9.17, 15) is 0 Å². The van der Waals surface area contributed by atoms with Crippen molar-refractivity contribution in [2.45, 2.75) is 31.1 Å². The molecule has 0 saturated heterocycles. The molecule has 0 heterocycles. The van der Waals surface area contributed by atoms with Crippen molar-refractivity contribution in [3.63, 3.8) is 0 Å². The summed E-state index contributed by atoms with van der Waals surface area (Å²) >= 11 is 6.02. The molecule has 0 amide bonds. The van der Waals surface area contributed by atoms with Gasteiger partial charge in [0.1, 0.15) is 0 Å². The van der Waals surface area contributed by atoms with Gasteiger partial charge in [0.05, 0.1) is 0 Å². The molecule has 1 aliphatic rings. The molecule has 0 aromatic rings. The molecular formula is C10H20ClNO. The lowest BCUT2D eigenvalue weighted by Crippen LogP contribution is -2.23. The highest BCUT2D eigenvalue weighted by molar-refractivity contribution is 6.20. The van der Waals surface area contributed by atoms with E-state index in [0.29, 0.717) is 5.38 Å². The largest absolute Gasteiger partial charge is 0.385 e. The zero-order chi connectivity index (χ0) is 9.52. The van der Waals surface area contributed by atoms with Gasteiger partial charge in [0.15, 0.2) is 0 Å². The fourth-order valence-electron chi connectivity index (χ4n) is 1.85. The summed E-state index contributed by atoms with van der Waals surface area (Å²) < 4.78 is 4.97. The van der Waals surface area contributed by atoms with Crippen molar-refractivity contribution in [3.8, 4) is 0 Å². The quantitative estimate of drug-likeness (QED) is 0.529. The number of halogens is 1. The highest BCUT2D eigenvalue weighted by Gasteiger charge is 2.21. The minimum atomic E-state index is 0.436. The molecule has 1 rings (SSSR count). The van der Waals surface area contributed by atoms with E-state index in [1.165, 1.54) is 19.3 Å². The molecule has 1 fully saturated rings. The van der Waals surface area contributed by atoms with E-state index in [0.717, 1.165) is 32.0 Å². The Kier molecular flexibility index (Phi) is 5.76. The van der Waals surface area contributed by atoms with Crippen molar-refractivity contribution in [2.24, 2.45) is 5.92 Å². The average Bonchev–Trinajstić information content (AvgIpc) is 2.51. The van der Waals surface area contributed by atoms with E-state index in [1.807, 2.05) is 0 Å². The van der Waals surface area contributed by atoms with E-state index >= 15 is 0 Å². The fourth-order valence-corrected chi connectivity index (χ4v) is 2.22. The van der Waals surface area contributed by atoms with Crippen LogP contribution in [0, 0.1) is 5.92 Å². The zero-order valence-corrected chi connectivity index (χ0v) is 9.15. The highest BCUT2D eigenvalue weighted by Crippen LogP contribution is 2.28. The number of hydrogen-bond acceptors (Lipinski definition) is 2. The van der Waals surface area contributed by atoms with Crippen LogP contribution in [0.4, 0.5) is 0 Å². The molecule has 0 spiro atoms. The van der Waals surface area contributed by atoms with Crippen molar-refractivity contribution in [1.29, 1.82) is 0 Å². The summed E-state index contributed by atoms with van der Waals surface area (Å²) in [7, 11) is 1.75. The van der Waals surface area contributed by atoms with Crippen LogP contribution < -0.4 is 5.32 Å². The second kappa shape index (κ2) is 6.63. The third-order valence-corrected chi connectivity index (χ3v) is 3.01. The molecular weight excluding hydrogens is 186 g/mol. The van der Waals surface area contributed by atoms with Gasteiger partial charge in [-0.3, -0.25) is 0 Å². The topological polar surface area (TPSA) is 21.3 Å². The van der Waals surface area contributed by atoms with Gasteiger partial charge < -0.3 is 10.1 Å². The van der Waals surface area contributed by atoms with E-state index < -0.39 is 0 Å². The highest BCUT2D eigenvalue weighted by atomic mass is 35.5. The van der Waals surface area contributed by atoms with Crippen LogP contribution in [0.25, 0.3) is 0 Å². The summed E-state index contributed by atoms with van der Waals surface area (Å²) in [5, 5.41) is 3.88. The number of rotatable bonds is 6. The Morgan fingerprint density at radius 3 is 2.92 bits per heavy atom. The standard InChI is InChI=1S/C10H20ClNO/c1-13-6-2-5-12-8-9-3-4-10(11)7-9/h9-10,12H,2-8H2,1H3. The molecule has 0 aromatic carbocycles. The minimum absolute atomic E-state index is 0.436. The van der Waals surface area contributed by atoms with Crippen LogP contribution in [-0.2, 0) is 4.74 Å². The predicted octanol–water partition coefficient (Wildman–Crippen LogP) is 2.02. The van der Waals surface area contributed by atoms with Gasteiger partial charge in [-0.15, -0.1) is 11.6 Å². The number of methoxy groups -OCH3 is 1. The molecule has 0 aliphatic heterocycles. The van der Waals surface area contributed by atoms with Gasteiger partial charge in [0.2, 0.25) is 0 Å². The first-order valence-corrected chi connectivity index (χ1v) is 5.60. The van der Waals surface area contributed by atoms with Crippen molar-refractivity contribution < 1.29 is 4.74 Å². The van der Waals surface area contributed by atoms with Gasteiger partial charge in [-0.1, -0.05) is 0 Å². The van der Waals surface area contributed by atoms with Gasteiger partial charge >= 0.3 is 0 Å². The Morgan fingerprint density at radius 2 is 2.31 bits per heavy atom. The number of alkyl halides is 1. The zero-order valence-electron chi connectivity index (χ0n) is 8.39. The molecule has 1 aliphatic carbocycles. The van der Waals surface area contributed by atoms with Gasteiger partial charge in [-0.25, -0.2) is 0 Å². The minimum Gasteiger partial charge on any atom is -0.385 e. The molecule has 13 heavy (non-hydrogen) atoms. The lowest BCUT2D eigenvalue weighted by atomic mass is 10.1. The van der Waals surface area contributed by atoms with Crippen LogP contribution in [-0.4, -0.2) is 32.2 Å². The van der Waals surface area contributed by atoms with Crippen molar-refractivity contribution in [1.82, 2.24) is 5.32 Å². The summed E-state index contributed by atoms with van der Waals surface area (Å²) in [6.45, 7) is 3.06. The Balaban J connectivity index is 1.88. The van der Waals surface area contributed by atoms with E-state index in [4.69, 9.17) is 16.3 Å². The average molecular weight is 206 g/mol. The van der Waals surface area contributed by atoms with Gasteiger partial charge in [0, 0.05) is 19.1 Å². The first kappa shape index (κ1) is 11.3. The lowest BCUT2D eigenvalue weighted by Gasteiger charge is -2.10. The number of ether oxygens (including phenoxy) is 1. The van der Waals surface area contributed by atoms with Crippen LogP contribution >= 0.6 is 11.6 Å². The predicted molar refractivity (Wildman–Crippen MR) is 56.3 cm³/mol. The Morgan fingerprint density at radius 1 is 1.46 bits per heavy atom. The molecule has 3 heteroatoms. The van der Waals surface area contributed by atoms with Crippen LogP contribution in [0.2, 0.25) is 0 Å². The van der Waals surface area contributed by atoms with Crippen LogP contribution in [0.15, 0.2) is 0 Å². The van der Waals surface area contributed by atoms with Crippen molar-refractivity contribution in [2.75, 3.05) is 26.8 Å². The molecule has 2 atom stereocenters. The Bertz CT molecular complexity index is 132. The Labute approximate surface area is 86.0 Å². The second-order valence-electron chi connectivity index (χ2n) is 3.83. The first-order chi connectivity index (χ1) is 6.33. The normalized spacial score (nSPS) is 28.2. The first-order valence-electron chi connectivity index (χ1n) is 5.16. The van der Waals surface area contributed by atoms with Crippen molar-refractivity contribution in [3.05, 3.63) is 0 Å². The van der Waals surface area contributed by atoms with Crippen molar-refractivity contribution >= 4 is 11.6 Å². The van der Waals surface area contributed by atoms with Gasteiger partial charge in [-0.2, -0.15) is 0 Å². The third kappa shape index (κ3) is 4.84. The monoisotopic (exact) mass is 205 g/mol. The summed E-state index contributed by atoms with van der Waals surface area (Å²) in [5.74, 6) is 0.810. The van der Waals surface area contributed by atoms with Gasteiger partial charge in [-0.05, 0) is 44.7 Å². The van der Waals surface area contributed by atoms with E-state index in [2.05, 4.69) is 5.32 Å². The van der Waals surface area contributed by atoms with Crippen LogP contribution in [0.3, 0.4) is 0 Å². The summed E-state index contributed by atoms with van der Waals surface area (Å²) in [4.78, 5) is 0. The molecule has 0 bridgehead atoms. The third-order valence-electron chi connectivity index (χ3n) is 2.61. The van der Waals surface area contributed by atoms with Crippen LogP contribution in [0.1, 0.15) is 25.7 Å². The lowest BCUT2D eigenvalue weighted by molar-refractivity contribution is 0.194. The summed E-state index contributed by atoms with van der Waals surface area (Å²) in [5.41, 5.74) is 0. The molecule has 1 N–H and O–H groups in total. The second-order valence-corrected chi connectivity index (χ2v) is 4.44. The molecule has 2 nitrogen and oxygen atoms in total. The van der Waals surface area contributed by atoms with E-state index in [1.54, 1.807) is 7.11 Å². The molecule has 1 saturated carbocycles. The summed E-state index contributed by atoms with van der Waals surface area (Å²) in [6, 6.07) is 0. The maximum Gasteiger partial charge on any atom is 0.0474 e. The fraction of sp³-hybridized carbons (Fsp3) is 1.00. The van der Waals surface area contributed by atoms with Gasteiger partial charge in [0.25, 0.3) is 0 Å². The number of hydrogen-bond donors (Lipinski definition) is 1.